The molecule has 0 unspecified atom stereocenters. The van der Waals surface area contributed by atoms with Crippen molar-refractivity contribution in [3.63, 3.8) is 0 Å². The minimum absolute atomic E-state index is 0. The molecule has 1 amide bonds. The van der Waals surface area contributed by atoms with Crippen molar-refractivity contribution in [2.45, 2.75) is 70.2 Å². The molecule has 1 saturated heterocycles. The number of benzene rings is 1. The normalized spacial score (nSPS) is 24.2. The summed E-state index contributed by atoms with van der Waals surface area (Å²) in [6.45, 7) is 5.85. The standard InChI is InChI=1S/C23H35NO10.Na/c1-12(2)14-6-5-7-15(13(3)4)21(14)34-23(31)24(10-17(26)27)8-9-32-22-20(30)19(29)18(28)16(11-25)33-22;/h5-7,12-13,16,18-20,22,25,28-30H,8-11H2,1-4H3,(H,26,27);/q;+1/p-1/t16-,18-,19+,20-,22-;/m1./s1. The Bertz CT molecular complexity index is 808. The predicted molar refractivity (Wildman–Crippen MR) is 117 cm³/mol. The second kappa shape index (κ2) is 14.5. The maximum atomic E-state index is 12.9. The first-order valence-corrected chi connectivity index (χ1v) is 11.2. The van der Waals surface area contributed by atoms with Gasteiger partial charge in [-0.25, -0.2) is 4.79 Å². The number of aliphatic hydroxyl groups excluding tert-OH is 4. The largest absolute Gasteiger partial charge is 1.00 e. The molecule has 1 aromatic carbocycles. The molecule has 1 aliphatic heterocycles. The number of carboxylic acid groups (broad SMARTS) is 1. The maximum Gasteiger partial charge on any atom is 1.00 e. The SMILES string of the molecule is CC(C)c1cccc(C(C)C)c1OC(=O)N(CCO[C@@H]1O[C@H](CO)[C@@H](O)[C@H](O)[C@H]1O)CC(=O)[O-].[Na+]. The second-order valence-corrected chi connectivity index (χ2v) is 8.80. The summed E-state index contributed by atoms with van der Waals surface area (Å²) in [5.74, 6) is -1.04. The number of rotatable bonds is 10. The molecule has 0 radical (unpaired) electrons. The van der Waals surface area contributed by atoms with Crippen LogP contribution in [-0.2, 0) is 14.3 Å². The van der Waals surface area contributed by atoms with Crippen LogP contribution >= 0.6 is 0 Å². The van der Waals surface area contributed by atoms with Crippen molar-refractivity contribution in [3.8, 4) is 5.75 Å². The number of para-hydroxylation sites is 1. The number of nitrogens with zero attached hydrogens (tertiary/aromatic N) is 1. The fraction of sp³-hybridized carbons (Fsp3) is 0.652. The zero-order valence-corrected chi connectivity index (χ0v) is 22.8. The molecule has 4 N–H and O–H groups in total. The quantitative estimate of drug-likeness (QED) is 0.231. The molecule has 0 aromatic heterocycles. The molecular weight excluding hydrogens is 473 g/mol. The molecule has 192 valence electrons. The molecule has 0 saturated carbocycles. The van der Waals surface area contributed by atoms with Gasteiger partial charge in [0, 0.05) is 6.54 Å². The number of aliphatic hydroxyl groups is 4. The van der Waals surface area contributed by atoms with E-state index in [1.54, 1.807) is 0 Å². The van der Waals surface area contributed by atoms with Crippen LogP contribution < -0.4 is 39.4 Å². The minimum Gasteiger partial charge on any atom is -0.548 e. The zero-order valence-electron chi connectivity index (χ0n) is 20.8. The Morgan fingerprint density at radius 2 is 1.63 bits per heavy atom. The van der Waals surface area contributed by atoms with Crippen LogP contribution in [0.1, 0.15) is 50.7 Å². The third-order valence-corrected chi connectivity index (χ3v) is 5.58. The molecular formula is C23H34NNaO10. The van der Waals surface area contributed by atoms with Crippen molar-refractivity contribution in [2.75, 3.05) is 26.3 Å². The molecule has 12 heteroatoms. The van der Waals surface area contributed by atoms with Gasteiger partial charge in [0.25, 0.3) is 0 Å². The second-order valence-electron chi connectivity index (χ2n) is 8.80. The molecule has 1 aliphatic rings. The Balaban J connectivity index is 0.00000612. The van der Waals surface area contributed by atoms with Gasteiger partial charge in [-0.1, -0.05) is 45.9 Å². The van der Waals surface area contributed by atoms with E-state index in [-0.39, 0.29) is 54.5 Å². The Labute approximate surface area is 226 Å². The fourth-order valence-corrected chi connectivity index (χ4v) is 3.63. The Kier molecular flexibility index (Phi) is 13.1. The van der Waals surface area contributed by atoms with Crippen LogP contribution in [0.5, 0.6) is 5.75 Å². The van der Waals surface area contributed by atoms with Gasteiger partial charge in [-0.15, -0.1) is 0 Å². The van der Waals surface area contributed by atoms with Gasteiger partial charge in [-0.05, 0) is 23.0 Å². The minimum atomic E-state index is -1.62. The van der Waals surface area contributed by atoms with Crippen molar-refractivity contribution < 1.29 is 78.9 Å². The van der Waals surface area contributed by atoms with Crippen LogP contribution in [0.3, 0.4) is 0 Å². The first-order chi connectivity index (χ1) is 16.0. The van der Waals surface area contributed by atoms with Gasteiger partial charge in [-0.2, -0.15) is 0 Å². The number of hydrogen-bond acceptors (Lipinski definition) is 10. The van der Waals surface area contributed by atoms with Crippen LogP contribution in [0.4, 0.5) is 4.79 Å². The van der Waals surface area contributed by atoms with E-state index in [1.807, 2.05) is 45.9 Å². The van der Waals surface area contributed by atoms with Crippen molar-refractivity contribution >= 4 is 12.1 Å². The summed E-state index contributed by atoms with van der Waals surface area (Å²) in [5, 5.41) is 50.2. The summed E-state index contributed by atoms with van der Waals surface area (Å²) in [4.78, 5) is 25.0. The van der Waals surface area contributed by atoms with Gasteiger partial charge in [-0.3, -0.25) is 4.90 Å². The van der Waals surface area contributed by atoms with Crippen LogP contribution in [-0.4, -0.2) is 94.4 Å². The van der Waals surface area contributed by atoms with Gasteiger partial charge < -0.3 is 44.5 Å². The van der Waals surface area contributed by atoms with Crippen molar-refractivity contribution in [2.24, 2.45) is 0 Å². The predicted octanol–water partition coefficient (Wildman–Crippen LogP) is -3.70. The van der Waals surface area contributed by atoms with E-state index in [0.717, 1.165) is 16.0 Å². The summed E-state index contributed by atoms with van der Waals surface area (Å²) in [6.07, 6.45) is -8.27. The molecule has 35 heavy (non-hydrogen) atoms. The summed E-state index contributed by atoms with van der Waals surface area (Å²) < 4.78 is 16.2. The van der Waals surface area contributed by atoms with Crippen molar-refractivity contribution in [1.29, 1.82) is 0 Å². The first kappa shape index (κ1) is 31.7. The van der Waals surface area contributed by atoms with Crippen molar-refractivity contribution in [1.82, 2.24) is 4.90 Å². The molecule has 1 fully saturated rings. The van der Waals surface area contributed by atoms with Gasteiger partial charge in [0.2, 0.25) is 0 Å². The van der Waals surface area contributed by atoms with Crippen molar-refractivity contribution in [3.05, 3.63) is 29.3 Å². The maximum absolute atomic E-state index is 12.9. The topological polar surface area (TPSA) is 169 Å². The van der Waals surface area contributed by atoms with E-state index in [2.05, 4.69) is 0 Å². The van der Waals surface area contributed by atoms with Crippen LogP contribution in [0.2, 0.25) is 0 Å². The molecule has 2 rings (SSSR count). The molecule has 0 spiro atoms. The summed E-state index contributed by atoms with van der Waals surface area (Å²) >= 11 is 0. The summed E-state index contributed by atoms with van der Waals surface area (Å²) in [7, 11) is 0. The van der Waals surface area contributed by atoms with E-state index >= 15 is 0 Å². The van der Waals surface area contributed by atoms with E-state index in [9.17, 15) is 35.1 Å². The Hall–Kier alpha value is -1.28. The number of aliphatic carboxylic acids is 1. The average molecular weight is 508 g/mol. The van der Waals surface area contributed by atoms with E-state index in [0.29, 0.717) is 5.75 Å². The molecule has 5 atom stereocenters. The fourth-order valence-electron chi connectivity index (χ4n) is 3.63. The molecule has 1 heterocycles. The van der Waals surface area contributed by atoms with Gasteiger partial charge in [0.05, 0.1) is 25.7 Å². The van der Waals surface area contributed by atoms with E-state index in [1.165, 1.54) is 0 Å². The number of amides is 1. The number of carboxylic acids is 1. The number of ether oxygens (including phenoxy) is 3. The Morgan fingerprint density at radius 3 is 2.11 bits per heavy atom. The third-order valence-electron chi connectivity index (χ3n) is 5.58. The van der Waals surface area contributed by atoms with Gasteiger partial charge >= 0.3 is 35.7 Å². The summed E-state index contributed by atoms with van der Waals surface area (Å²) in [6, 6.07) is 5.55. The van der Waals surface area contributed by atoms with Crippen LogP contribution in [0.15, 0.2) is 18.2 Å². The van der Waals surface area contributed by atoms with Crippen LogP contribution in [0, 0.1) is 0 Å². The first-order valence-electron chi connectivity index (χ1n) is 11.2. The number of hydrogen-bond donors (Lipinski definition) is 4. The number of carbonyl (C=O) groups excluding carboxylic acids is 2. The van der Waals surface area contributed by atoms with Crippen LogP contribution in [0.25, 0.3) is 0 Å². The Morgan fingerprint density at radius 1 is 1.06 bits per heavy atom. The van der Waals surface area contributed by atoms with Gasteiger partial charge in [0.1, 0.15) is 30.2 Å². The third kappa shape index (κ3) is 8.38. The average Bonchev–Trinajstić information content (AvgIpc) is 2.77. The molecule has 1 aromatic rings. The molecule has 0 bridgehead atoms. The number of carbonyl (C=O) groups is 2. The van der Waals surface area contributed by atoms with Gasteiger partial charge in [0.15, 0.2) is 6.29 Å². The summed E-state index contributed by atoms with van der Waals surface area (Å²) in [5.41, 5.74) is 1.59. The monoisotopic (exact) mass is 507 g/mol. The van der Waals surface area contributed by atoms with E-state index in [4.69, 9.17) is 14.2 Å². The smallest absolute Gasteiger partial charge is 0.548 e. The van der Waals surface area contributed by atoms with E-state index < -0.39 is 55.9 Å². The molecule has 0 aliphatic carbocycles. The molecule has 11 nitrogen and oxygen atoms in total. The zero-order chi connectivity index (χ0) is 25.6.